The largest absolute Gasteiger partial charge is 0.447 e. The van der Waals surface area contributed by atoms with Gasteiger partial charge in [-0.05, 0) is 0 Å². The molecule has 0 bridgehead atoms. The SMILES string of the molecule is O=CN1CCOC1=O. The number of carbonyl (C=O) groups excluding carboxylic acids is 2. The zero-order valence-electron chi connectivity index (χ0n) is 4.16. The van der Waals surface area contributed by atoms with E-state index in [2.05, 4.69) is 4.74 Å². The monoisotopic (exact) mass is 115 g/mol. The van der Waals surface area contributed by atoms with Crippen LogP contribution in [0.1, 0.15) is 0 Å². The molecule has 0 saturated carbocycles. The number of hydrogen-bond acceptors (Lipinski definition) is 3. The van der Waals surface area contributed by atoms with Gasteiger partial charge in [-0.2, -0.15) is 0 Å². The van der Waals surface area contributed by atoms with Gasteiger partial charge in [0.25, 0.3) is 0 Å². The third-order valence-corrected chi connectivity index (χ3v) is 0.919. The summed E-state index contributed by atoms with van der Waals surface area (Å²) in [6.45, 7) is 0.722. The molecular weight excluding hydrogens is 110 g/mol. The number of amides is 2. The molecule has 8 heavy (non-hydrogen) atoms. The topological polar surface area (TPSA) is 46.6 Å². The van der Waals surface area contributed by atoms with Crippen molar-refractivity contribution < 1.29 is 14.3 Å². The molecule has 4 nitrogen and oxygen atoms in total. The summed E-state index contributed by atoms with van der Waals surface area (Å²) in [5.41, 5.74) is 0. The van der Waals surface area contributed by atoms with Gasteiger partial charge in [-0.15, -0.1) is 0 Å². The highest BCUT2D eigenvalue weighted by Crippen LogP contribution is 1.97. The van der Waals surface area contributed by atoms with Gasteiger partial charge in [0.15, 0.2) is 0 Å². The van der Waals surface area contributed by atoms with Crippen LogP contribution in [0.5, 0.6) is 0 Å². The van der Waals surface area contributed by atoms with Gasteiger partial charge in [-0.3, -0.25) is 4.79 Å². The Morgan fingerprint density at radius 3 is 2.75 bits per heavy atom. The molecule has 1 rings (SSSR count). The van der Waals surface area contributed by atoms with E-state index < -0.39 is 6.09 Å². The van der Waals surface area contributed by atoms with Crippen molar-refractivity contribution in [2.24, 2.45) is 0 Å². The fraction of sp³-hybridized carbons (Fsp3) is 0.500. The van der Waals surface area contributed by atoms with Crippen molar-refractivity contribution in [2.75, 3.05) is 13.2 Å². The van der Waals surface area contributed by atoms with E-state index in [1.54, 1.807) is 0 Å². The number of hydrogen-bond donors (Lipinski definition) is 0. The molecule has 0 spiro atoms. The summed E-state index contributed by atoms with van der Waals surface area (Å²) in [5.74, 6) is 0. The number of nitrogens with zero attached hydrogens (tertiary/aromatic N) is 1. The summed E-state index contributed by atoms with van der Waals surface area (Å²) in [7, 11) is 0. The van der Waals surface area contributed by atoms with E-state index >= 15 is 0 Å². The van der Waals surface area contributed by atoms with Gasteiger partial charge in [0.1, 0.15) is 6.61 Å². The first-order valence-corrected chi connectivity index (χ1v) is 2.23. The molecule has 4 heteroatoms. The highest BCUT2D eigenvalue weighted by molar-refractivity contribution is 5.81. The zero-order valence-corrected chi connectivity index (χ0v) is 4.16. The highest BCUT2D eigenvalue weighted by atomic mass is 16.6. The standard InChI is InChI=1S/C4H5NO3/c6-3-5-1-2-8-4(5)7/h3H,1-2H2. The van der Waals surface area contributed by atoms with Crippen LogP contribution in [0.4, 0.5) is 4.79 Å². The van der Waals surface area contributed by atoms with E-state index in [0.29, 0.717) is 19.6 Å². The molecular formula is C4H5NO3. The van der Waals surface area contributed by atoms with Crippen molar-refractivity contribution in [1.82, 2.24) is 4.90 Å². The Morgan fingerprint density at radius 2 is 2.50 bits per heavy atom. The minimum Gasteiger partial charge on any atom is -0.447 e. The van der Waals surface area contributed by atoms with E-state index in [4.69, 9.17) is 0 Å². The predicted octanol–water partition coefficient (Wildman–Crippen LogP) is -0.405. The summed E-state index contributed by atoms with van der Waals surface area (Å²) in [4.78, 5) is 21.1. The van der Waals surface area contributed by atoms with Crippen molar-refractivity contribution in [3.63, 3.8) is 0 Å². The molecule has 0 aliphatic carbocycles. The molecule has 0 N–H and O–H groups in total. The lowest BCUT2D eigenvalue weighted by Crippen LogP contribution is -2.21. The van der Waals surface area contributed by atoms with Crippen LogP contribution in [0, 0.1) is 0 Å². The Bertz CT molecular complexity index is 122. The van der Waals surface area contributed by atoms with Crippen molar-refractivity contribution in [3.8, 4) is 0 Å². The lowest BCUT2D eigenvalue weighted by Gasteiger charge is -1.97. The summed E-state index contributed by atoms with van der Waals surface area (Å²) >= 11 is 0. The second-order valence-corrected chi connectivity index (χ2v) is 1.41. The predicted molar refractivity (Wildman–Crippen MR) is 24.1 cm³/mol. The van der Waals surface area contributed by atoms with Gasteiger partial charge in [-0.25, -0.2) is 9.69 Å². The maximum absolute atomic E-state index is 10.3. The van der Waals surface area contributed by atoms with Gasteiger partial charge in [0.05, 0.1) is 6.54 Å². The van der Waals surface area contributed by atoms with Gasteiger partial charge in [0.2, 0.25) is 6.41 Å². The molecule has 44 valence electrons. The first kappa shape index (κ1) is 5.08. The second-order valence-electron chi connectivity index (χ2n) is 1.41. The van der Waals surface area contributed by atoms with Crippen molar-refractivity contribution in [3.05, 3.63) is 0 Å². The van der Waals surface area contributed by atoms with Crippen molar-refractivity contribution >= 4 is 12.5 Å². The molecule has 0 radical (unpaired) electrons. The molecule has 0 aromatic rings. The molecule has 1 aliphatic rings. The van der Waals surface area contributed by atoms with Crippen molar-refractivity contribution in [1.29, 1.82) is 0 Å². The van der Waals surface area contributed by atoms with E-state index in [-0.39, 0.29) is 0 Å². The molecule has 0 unspecified atom stereocenters. The summed E-state index contributed by atoms with van der Waals surface area (Å²) < 4.78 is 4.41. The number of carbonyl (C=O) groups is 2. The Morgan fingerprint density at radius 1 is 1.75 bits per heavy atom. The van der Waals surface area contributed by atoms with Crippen LogP contribution >= 0.6 is 0 Å². The summed E-state index contributed by atoms with van der Waals surface area (Å²) in [5, 5.41) is 0. The number of ether oxygens (including phenoxy) is 1. The molecule has 2 amide bonds. The van der Waals surface area contributed by atoms with Gasteiger partial charge in [-0.1, -0.05) is 0 Å². The van der Waals surface area contributed by atoms with Gasteiger partial charge < -0.3 is 4.74 Å². The van der Waals surface area contributed by atoms with Crippen LogP contribution in [0.2, 0.25) is 0 Å². The Labute approximate surface area is 46.0 Å². The second kappa shape index (κ2) is 1.81. The van der Waals surface area contributed by atoms with Crippen LogP contribution in [0.25, 0.3) is 0 Å². The van der Waals surface area contributed by atoms with E-state index in [1.165, 1.54) is 0 Å². The number of imide groups is 1. The normalized spacial score (nSPS) is 18.5. The summed E-state index contributed by atoms with van der Waals surface area (Å²) in [6.07, 6.45) is -0.0741. The number of cyclic esters (lactones) is 1. The average molecular weight is 115 g/mol. The third kappa shape index (κ3) is 0.641. The molecule has 0 atom stereocenters. The molecule has 1 fully saturated rings. The molecule has 0 aromatic carbocycles. The minimum absolute atomic E-state index is 0.331. The fourth-order valence-corrected chi connectivity index (χ4v) is 0.501. The minimum atomic E-state index is -0.542. The van der Waals surface area contributed by atoms with E-state index in [9.17, 15) is 9.59 Å². The summed E-state index contributed by atoms with van der Waals surface area (Å²) in [6, 6.07) is 0. The molecule has 0 aromatic heterocycles. The quantitative estimate of drug-likeness (QED) is 0.436. The Kier molecular flexibility index (Phi) is 1.15. The average Bonchev–Trinajstić information content (AvgIpc) is 2.14. The lowest BCUT2D eigenvalue weighted by molar-refractivity contribution is -0.115. The molecule has 1 heterocycles. The molecule has 1 saturated heterocycles. The maximum Gasteiger partial charge on any atom is 0.416 e. The van der Waals surface area contributed by atoms with Gasteiger partial charge in [0, 0.05) is 0 Å². The van der Waals surface area contributed by atoms with Crippen LogP contribution in [-0.2, 0) is 9.53 Å². The Balaban J connectivity index is 2.54. The smallest absolute Gasteiger partial charge is 0.416 e. The highest BCUT2D eigenvalue weighted by Gasteiger charge is 2.19. The first-order chi connectivity index (χ1) is 3.84. The van der Waals surface area contributed by atoms with Crippen LogP contribution < -0.4 is 0 Å². The third-order valence-electron chi connectivity index (χ3n) is 0.919. The Hall–Kier alpha value is -1.06. The van der Waals surface area contributed by atoms with Crippen LogP contribution in [-0.4, -0.2) is 30.6 Å². The fourth-order valence-electron chi connectivity index (χ4n) is 0.501. The van der Waals surface area contributed by atoms with Crippen molar-refractivity contribution in [2.45, 2.75) is 0 Å². The van der Waals surface area contributed by atoms with Crippen LogP contribution in [0.15, 0.2) is 0 Å². The number of rotatable bonds is 1. The van der Waals surface area contributed by atoms with E-state index in [0.717, 1.165) is 4.90 Å². The molecule has 1 aliphatic heterocycles. The van der Waals surface area contributed by atoms with Gasteiger partial charge >= 0.3 is 6.09 Å². The maximum atomic E-state index is 10.3. The van der Waals surface area contributed by atoms with E-state index in [1.807, 2.05) is 0 Å². The zero-order chi connectivity index (χ0) is 5.98. The van der Waals surface area contributed by atoms with Crippen LogP contribution in [0.3, 0.4) is 0 Å². The first-order valence-electron chi connectivity index (χ1n) is 2.23. The lowest BCUT2D eigenvalue weighted by atomic mass is 10.7.